The number of aryl methyl sites for hydroxylation is 1. The monoisotopic (exact) mass is 430 g/mol. The summed E-state index contributed by atoms with van der Waals surface area (Å²) in [5.74, 6) is 0.382. The summed E-state index contributed by atoms with van der Waals surface area (Å²) in [5.41, 5.74) is 1.76. The third-order valence-electron chi connectivity index (χ3n) is 5.54. The van der Waals surface area contributed by atoms with Gasteiger partial charge in [-0.1, -0.05) is 43.2 Å². The van der Waals surface area contributed by atoms with Gasteiger partial charge in [-0.3, -0.25) is 4.79 Å². The van der Waals surface area contributed by atoms with E-state index in [1.54, 1.807) is 26.2 Å². The van der Waals surface area contributed by atoms with E-state index in [9.17, 15) is 13.2 Å². The van der Waals surface area contributed by atoms with Crippen LogP contribution >= 0.6 is 0 Å². The molecule has 162 valence electrons. The van der Waals surface area contributed by atoms with Gasteiger partial charge < -0.3 is 10.1 Å². The molecule has 1 amide bonds. The van der Waals surface area contributed by atoms with E-state index < -0.39 is 10.0 Å². The lowest BCUT2D eigenvalue weighted by molar-refractivity contribution is -0.122. The SMILES string of the molecule is COc1ccc(S(=O)(=O)N(CCc2ccccc2)CC(=O)NC2CCCC2)cc1C. The fourth-order valence-electron chi connectivity index (χ4n) is 3.85. The normalized spacial score (nSPS) is 14.8. The topological polar surface area (TPSA) is 75.7 Å². The number of benzene rings is 2. The molecule has 0 bridgehead atoms. The third kappa shape index (κ3) is 5.61. The Kier molecular flexibility index (Phi) is 7.50. The Labute approximate surface area is 179 Å². The van der Waals surface area contributed by atoms with Gasteiger partial charge in [-0.15, -0.1) is 0 Å². The number of hydrogen-bond donors (Lipinski definition) is 1. The van der Waals surface area contributed by atoms with E-state index >= 15 is 0 Å². The molecule has 1 saturated carbocycles. The van der Waals surface area contributed by atoms with Crippen molar-refractivity contribution in [2.75, 3.05) is 20.2 Å². The molecule has 7 heteroatoms. The summed E-state index contributed by atoms with van der Waals surface area (Å²) in [7, 11) is -2.28. The molecule has 1 N–H and O–H groups in total. The summed E-state index contributed by atoms with van der Waals surface area (Å²) in [6.45, 7) is 1.85. The van der Waals surface area contributed by atoms with Crippen LogP contribution in [0.15, 0.2) is 53.4 Å². The van der Waals surface area contributed by atoms with Crippen LogP contribution in [-0.2, 0) is 21.2 Å². The van der Waals surface area contributed by atoms with Gasteiger partial charge in [0.1, 0.15) is 5.75 Å². The molecule has 0 radical (unpaired) electrons. The zero-order valence-electron chi connectivity index (χ0n) is 17.6. The average molecular weight is 431 g/mol. The largest absolute Gasteiger partial charge is 0.496 e. The fourth-order valence-corrected chi connectivity index (χ4v) is 5.33. The fraction of sp³-hybridized carbons (Fsp3) is 0.435. The minimum atomic E-state index is -3.83. The second kappa shape index (κ2) is 10.1. The highest BCUT2D eigenvalue weighted by Gasteiger charge is 2.28. The summed E-state index contributed by atoms with van der Waals surface area (Å²) in [4.78, 5) is 12.8. The van der Waals surface area contributed by atoms with Crippen molar-refractivity contribution < 1.29 is 17.9 Å². The van der Waals surface area contributed by atoms with Gasteiger partial charge in [-0.2, -0.15) is 4.31 Å². The van der Waals surface area contributed by atoms with Crippen LogP contribution in [0.5, 0.6) is 5.75 Å². The molecule has 0 aromatic heterocycles. The van der Waals surface area contributed by atoms with Gasteiger partial charge in [-0.25, -0.2) is 8.42 Å². The molecule has 2 aromatic carbocycles. The van der Waals surface area contributed by atoms with Gasteiger partial charge in [0.15, 0.2) is 0 Å². The molecule has 0 atom stereocenters. The van der Waals surface area contributed by atoms with Gasteiger partial charge in [0.2, 0.25) is 15.9 Å². The number of nitrogens with one attached hydrogen (secondary N) is 1. The lowest BCUT2D eigenvalue weighted by atomic mass is 10.1. The molecule has 0 aliphatic heterocycles. The Bertz CT molecular complexity index is 954. The summed E-state index contributed by atoms with van der Waals surface area (Å²) in [6.07, 6.45) is 4.66. The van der Waals surface area contributed by atoms with Crippen molar-refractivity contribution in [2.24, 2.45) is 0 Å². The van der Waals surface area contributed by atoms with E-state index in [0.717, 1.165) is 36.8 Å². The van der Waals surface area contributed by atoms with Gasteiger partial charge >= 0.3 is 0 Å². The number of rotatable bonds is 9. The molecule has 3 rings (SSSR count). The summed E-state index contributed by atoms with van der Waals surface area (Å²) in [6, 6.07) is 14.6. The molecule has 0 spiro atoms. The van der Waals surface area contributed by atoms with Crippen molar-refractivity contribution in [3.05, 3.63) is 59.7 Å². The molecule has 0 unspecified atom stereocenters. The lowest BCUT2D eigenvalue weighted by Crippen LogP contribution is -2.44. The molecular weight excluding hydrogens is 400 g/mol. The first-order valence-corrected chi connectivity index (χ1v) is 11.8. The van der Waals surface area contributed by atoms with Crippen LogP contribution < -0.4 is 10.1 Å². The van der Waals surface area contributed by atoms with Crippen LogP contribution in [0.3, 0.4) is 0 Å². The van der Waals surface area contributed by atoms with Crippen LogP contribution in [-0.4, -0.2) is 44.9 Å². The second-order valence-electron chi connectivity index (χ2n) is 7.75. The van der Waals surface area contributed by atoms with E-state index in [-0.39, 0.29) is 29.9 Å². The van der Waals surface area contributed by atoms with Crippen molar-refractivity contribution in [2.45, 2.75) is 50.0 Å². The Hall–Kier alpha value is -2.38. The van der Waals surface area contributed by atoms with E-state index in [0.29, 0.717) is 12.2 Å². The van der Waals surface area contributed by atoms with E-state index in [1.165, 1.54) is 10.4 Å². The van der Waals surface area contributed by atoms with Gasteiger partial charge in [-0.05, 0) is 55.5 Å². The van der Waals surface area contributed by atoms with Crippen LogP contribution in [0.4, 0.5) is 0 Å². The number of sulfonamides is 1. The Morgan fingerprint density at radius 1 is 1.13 bits per heavy atom. The second-order valence-corrected chi connectivity index (χ2v) is 9.69. The molecule has 1 fully saturated rings. The molecule has 1 aliphatic rings. The quantitative estimate of drug-likeness (QED) is 0.662. The number of hydrogen-bond acceptors (Lipinski definition) is 4. The maximum absolute atomic E-state index is 13.4. The van der Waals surface area contributed by atoms with Gasteiger partial charge in [0, 0.05) is 12.6 Å². The summed E-state index contributed by atoms with van der Waals surface area (Å²) < 4.78 is 33.3. The molecule has 30 heavy (non-hydrogen) atoms. The maximum Gasteiger partial charge on any atom is 0.243 e. The number of amides is 1. The number of methoxy groups -OCH3 is 1. The van der Waals surface area contributed by atoms with Crippen molar-refractivity contribution >= 4 is 15.9 Å². The highest BCUT2D eigenvalue weighted by Crippen LogP contribution is 2.24. The highest BCUT2D eigenvalue weighted by atomic mass is 32.2. The standard InChI is InChI=1S/C23H30N2O4S/c1-18-16-21(12-13-22(18)29-2)30(27,28)25(15-14-19-8-4-3-5-9-19)17-23(26)24-20-10-6-7-11-20/h3-5,8-9,12-13,16,20H,6-7,10-11,14-15,17H2,1-2H3,(H,24,26). The summed E-state index contributed by atoms with van der Waals surface area (Å²) in [5, 5.41) is 3.00. The lowest BCUT2D eigenvalue weighted by Gasteiger charge is -2.23. The Morgan fingerprint density at radius 3 is 2.47 bits per heavy atom. The van der Waals surface area contributed by atoms with Crippen LogP contribution in [0.2, 0.25) is 0 Å². The molecule has 0 heterocycles. The predicted octanol–water partition coefficient (Wildman–Crippen LogP) is 3.30. The minimum absolute atomic E-state index is 0.152. The minimum Gasteiger partial charge on any atom is -0.496 e. The predicted molar refractivity (Wildman–Crippen MR) is 117 cm³/mol. The third-order valence-corrected chi connectivity index (χ3v) is 7.38. The van der Waals surface area contributed by atoms with Crippen molar-refractivity contribution in [3.63, 3.8) is 0 Å². The zero-order valence-corrected chi connectivity index (χ0v) is 18.5. The first-order chi connectivity index (χ1) is 14.4. The van der Waals surface area contributed by atoms with Crippen LogP contribution in [0, 0.1) is 6.92 Å². The number of carbonyl (C=O) groups is 1. The molecule has 1 aliphatic carbocycles. The zero-order chi connectivity index (χ0) is 21.6. The number of ether oxygens (including phenoxy) is 1. The van der Waals surface area contributed by atoms with E-state index in [4.69, 9.17) is 4.74 Å². The maximum atomic E-state index is 13.4. The first-order valence-electron chi connectivity index (χ1n) is 10.4. The van der Waals surface area contributed by atoms with Gasteiger partial charge in [0.25, 0.3) is 0 Å². The molecule has 6 nitrogen and oxygen atoms in total. The average Bonchev–Trinajstić information content (AvgIpc) is 3.24. The Balaban J connectivity index is 1.80. The van der Waals surface area contributed by atoms with Crippen molar-refractivity contribution in [1.29, 1.82) is 0 Å². The number of nitrogens with zero attached hydrogens (tertiary/aromatic N) is 1. The van der Waals surface area contributed by atoms with Crippen molar-refractivity contribution in [1.82, 2.24) is 9.62 Å². The smallest absolute Gasteiger partial charge is 0.243 e. The van der Waals surface area contributed by atoms with Gasteiger partial charge in [0.05, 0.1) is 18.6 Å². The molecule has 2 aromatic rings. The molecular formula is C23H30N2O4S. The molecule has 0 saturated heterocycles. The number of carbonyl (C=O) groups excluding carboxylic acids is 1. The first kappa shape index (κ1) is 22.3. The van der Waals surface area contributed by atoms with Crippen LogP contribution in [0.25, 0.3) is 0 Å². The van der Waals surface area contributed by atoms with Crippen LogP contribution in [0.1, 0.15) is 36.8 Å². The summed E-state index contributed by atoms with van der Waals surface area (Å²) >= 11 is 0. The van der Waals surface area contributed by atoms with E-state index in [1.807, 2.05) is 30.3 Å². The van der Waals surface area contributed by atoms with E-state index in [2.05, 4.69) is 5.32 Å². The highest BCUT2D eigenvalue weighted by molar-refractivity contribution is 7.89. The van der Waals surface area contributed by atoms with Crippen molar-refractivity contribution in [3.8, 4) is 5.75 Å². The Morgan fingerprint density at radius 2 is 1.83 bits per heavy atom.